The third kappa shape index (κ3) is 3.75. The van der Waals surface area contributed by atoms with Gasteiger partial charge in [0.15, 0.2) is 5.78 Å². The minimum absolute atomic E-state index is 0.114. The van der Waals surface area contributed by atoms with Crippen molar-refractivity contribution in [3.8, 4) is 0 Å². The zero-order chi connectivity index (χ0) is 11.2. The Balaban J connectivity index is 1.59. The number of rotatable bonds is 5. The molecule has 2 rings (SSSR count). The van der Waals surface area contributed by atoms with Gasteiger partial charge < -0.3 is 10.1 Å². The topological polar surface area (TPSA) is 38.3 Å². The number of hydrogen-bond donors (Lipinski definition) is 1. The van der Waals surface area contributed by atoms with Crippen molar-refractivity contribution in [2.45, 2.75) is 44.2 Å². The van der Waals surface area contributed by atoms with E-state index in [0.29, 0.717) is 11.9 Å². The lowest BCUT2D eigenvalue weighted by atomic mass is 10.0. The normalized spacial score (nSPS) is 30.5. The maximum Gasteiger partial charge on any atom is 0.150 e. The van der Waals surface area contributed by atoms with E-state index in [2.05, 4.69) is 5.32 Å². The molecule has 0 aromatic rings. The maximum absolute atomic E-state index is 11.9. The van der Waals surface area contributed by atoms with Gasteiger partial charge in [-0.15, -0.1) is 0 Å². The number of thioether (sulfide) groups is 1. The second-order valence-electron chi connectivity index (χ2n) is 4.58. The number of Topliss-reactive ketones (excluding diaryl/α,β-unsaturated/α-hetero) is 1. The Morgan fingerprint density at radius 3 is 3.12 bits per heavy atom. The Kier molecular flexibility index (Phi) is 5.13. The molecule has 0 aromatic heterocycles. The van der Waals surface area contributed by atoms with E-state index in [-0.39, 0.29) is 6.04 Å². The predicted molar refractivity (Wildman–Crippen MR) is 66.9 cm³/mol. The van der Waals surface area contributed by atoms with Crippen LogP contribution >= 0.6 is 11.8 Å². The second kappa shape index (κ2) is 6.62. The van der Waals surface area contributed by atoms with E-state index in [0.717, 1.165) is 43.9 Å². The molecule has 2 aliphatic rings. The number of carbonyl (C=O) groups excluding carboxylic acids is 1. The molecule has 2 atom stereocenters. The standard InChI is InChI=1S/C12H21NO2S/c14-12(11-9-16-8-6-13-11)5-1-3-10-4-2-7-15-10/h10-11,13H,1-9H2. The molecule has 2 heterocycles. The van der Waals surface area contributed by atoms with Gasteiger partial charge in [-0.25, -0.2) is 0 Å². The van der Waals surface area contributed by atoms with Crippen molar-refractivity contribution in [2.24, 2.45) is 0 Å². The van der Waals surface area contributed by atoms with Gasteiger partial charge in [-0.3, -0.25) is 4.79 Å². The molecule has 0 spiro atoms. The van der Waals surface area contributed by atoms with Gasteiger partial charge in [-0.1, -0.05) is 0 Å². The fourth-order valence-corrected chi connectivity index (χ4v) is 3.29. The summed E-state index contributed by atoms with van der Waals surface area (Å²) in [6.07, 6.45) is 5.59. The molecule has 2 aliphatic heterocycles. The summed E-state index contributed by atoms with van der Waals surface area (Å²) in [4.78, 5) is 11.9. The summed E-state index contributed by atoms with van der Waals surface area (Å²) in [5, 5.41) is 3.30. The zero-order valence-electron chi connectivity index (χ0n) is 9.74. The van der Waals surface area contributed by atoms with Gasteiger partial charge in [0.1, 0.15) is 0 Å². The first kappa shape index (κ1) is 12.4. The van der Waals surface area contributed by atoms with Crippen LogP contribution in [0, 0.1) is 0 Å². The van der Waals surface area contributed by atoms with E-state index >= 15 is 0 Å². The first-order chi connectivity index (χ1) is 7.86. The average molecular weight is 243 g/mol. The van der Waals surface area contributed by atoms with Crippen LogP contribution in [0.4, 0.5) is 0 Å². The lowest BCUT2D eigenvalue weighted by molar-refractivity contribution is -0.120. The first-order valence-corrected chi connectivity index (χ1v) is 7.47. The molecule has 0 aliphatic carbocycles. The van der Waals surface area contributed by atoms with Crippen LogP contribution in [0.25, 0.3) is 0 Å². The van der Waals surface area contributed by atoms with Crippen molar-refractivity contribution in [2.75, 3.05) is 24.7 Å². The smallest absolute Gasteiger partial charge is 0.150 e. The van der Waals surface area contributed by atoms with Crippen molar-refractivity contribution in [3.05, 3.63) is 0 Å². The lowest BCUT2D eigenvalue weighted by Crippen LogP contribution is -2.43. The van der Waals surface area contributed by atoms with Crippen LogP contribution in [-0.4, -0.2) is 42.6 Å². The van der Waals surface area contributed by atoms with Crippen LogP contribution in [0.15, 0.2) is 0 Å². The summed E-state index contributed by atoms with van der Waals surface area (Å²) >= 11 is 1.88. The highest BCUT2D eigenvalue weighted by molar-refractivity contribution is 7.99. The van der Waals surface area contributed by atoms with Crippen LogP contribution in [0.2, 0.25) is 0 Å². The Bertz CT molecular complexity index is 223. The molecule has 2 saturated heterocycles. The molecular formula is C12H21NO2S. The lowest BCUT2D eigenvalue weighted by Gasteiger charge is -2.22. The van der Waals surface area contributed by atoms with Crippen molar-refractivity contribution in [3.63, 3.8) is 0 Å². The molecule has 16 heavy (non-hydrogen) atoms. The van der Waals surface area contributed by atoms with Gasteiger partial charge in [-0.05, 0) is 25.7 Å². The van der Waals surface area contributed by atoms with Gasteiger partial charge in [0.25, 0.3) is 0 Å². The Morgan fingerprint density at radius 1 is 1.50 bits per heavy atom. The van der Waals surface area contributed by atoms with Gasteiger partial charge in [-0.2, -0.15) is 11.8 Å². The van der Waals surface area contributed by atoms with E-state index in [4.69, 9.17) is 4.74 Å². The van der Waals surface area contributed by atoms with Crippen molar-refractivity contribution in [1.29, 1.82) is 0 Å². The molecule has 3 nitrogen and oxygen atoms in total. The minimum Gasteiger partial charge on any atom is -0.378 e. The van der Waals surface area contributed by atoms with Gasteiger partial charge in [0.2, 0.25) is 0 Å². The third-order valence-electron chi connectivity index (χ3n) is 3.28. The molecule has 0 amide bonds. The molecule has 92 valence electrons. The fourth-order valence-electron chi connectivity index (χ4n) is 2.32. The van der Waals surface area contributed by atoms with E-state index in [1.54, 1.807) is 0 Å². The number of carbonyl (C=O) groups is 1. The largest absolute Gasteiger partial charge is 0.378 e. The van der Waals surface area contributed by atoms with E-state index in [9.17, 15) is 4.79 Å². The van der Waals surface area contributed by atoms with Gasteiger partial charge >= 0.3 is 0 Å². The van der Waals surface area contributed by atoms with Crippen LogP contribution in [0.1, 0.15) is 32.1 Å². The maximum atomic E-state index is 11.9. The molecule has 1 N–H and O–H groups in total. The number of nitrogens with one attached hydrogen (secondary N) is 1. The number of ether oxygens (including phenoxy) is 1. The molecule has 4 heteroatoms. The average Bonchev–Trinajstić information content (AvgIpc) is 2.83. The Labute approximate surface area is 102 Å². The molecular weight excluding hydrogens is 222 g/mol. The summed E-state index contributed by atoms with van der Waals surface area (Å²) in [7, 11) is 0. The van der Waals surface area contributed by atoms with E-state index < -0.39 is 0 Å². The Hall–Kier alpha value is -0.0600. The van der Waals surface area contributed by atoms with E-state index in [1.807, 2.05) is 11.8 Å². The molecule has 2 fully saturated rings. The predicted octanol–water partition coefficient (Wildman–Crippen LogP) is 1.61. The Morgan fingerprint density at radius 2 is 2.44 bits per heavy atom. The summed E-state index contributed by atoms with van der Waals surface area (Å²) in [5.41, 5.74) is 0. The summed E-state index contributed by atoms with van der Waals surface area (Å²) in [5.74, 6) is 2.49. The first-order valence-electron chi connectivity index (χ1n) is 6.32. The zero-order valence-corrected chi connectivity index (χ0v) is 10.6. The SMILES string of the molecule is O=C(CCCC1CCCO1)C1CSCCN1. The van der Waals surface area contributed by atoms with Crippen molar-refractivity contribution in [1.82, 2.24) is 5.32 Å². The quantitative estimate of drug-likeness (QED) is 0.796. The highest BCUT2D eigenvalue weighted by atomic mass is 32.2. The molecule has 0 aromatic carbocycles. The summed E-state index contributed by atoms with van der Waals surface area (Å²) in [6.45, 7) is 1.90. The van der Waals surface area contributed by atoms with Crippen LogP contribution in [0.5, 0.6) is 0 Å². The minimum atomic E-state index is 0.114. The summed E-state index contributed by atoms with van der Waals surface area (Å²) in [6, 6.07) is 0.114. The van der Waals surface area contributed by atoms with E-state index in [1.165, 1.54) is 12.8 Å². The highest BCUT2D eigenvalue weighted by Gasteiger charge is 2.21. The second-order valence-corrected chi connectivity index (χ2v) is 5.73. The highest BCUT2D eigenvalue weighted by Crippen LogP contribution is 2.18. The number of hydrogen-bond acceptors (Lipinski definition) is 4. The van der Waals surface area contributed by atoms with Crippen molar-refractivity contribution >= 4 is 17.5 Å². The molecule has 2 unspecified atom stereocenters. The van der Waals surface area contributed by atoms with Crippen molar-refractivity contribution < 1.29 is 9.53 Å². The van der Waals surface area contributed by atoms with Gasteiger partial charge in [0, 0.05) is 31.1 Å². The fraction of sp³-hybridized carbons (Fsp3) is 0.917. The monoisotopic (exact) mass is 243 g/mol. The van der Waals surface area contributed by atoms with Gasteiger partial charge in [0.05, 0.1) is 12.1 Å². The van der Waals surface area contributed by atoms with Crippen LogP contribution in [-0.2, 0) is 9.53 Å². The van der Waals surface area contributed by atoms with Crippen LogP contribution in [0.3, 0.4) is 0 Å². The molecule has 0 saturated carbocycles. The molecule has 0 radical (unpaired) electrons. The summed E-state index contributed by atoms with van der Waals surface area (Å²) < 4.78 is 5.55. The van der Waals surface area contributed by atoms with Crippen LogP contribution < -0.4 is 5.32 Å². The third-order valence-corrected chi connectivity index (χ3v) is 4.35. The number of ketones is 1. The molecule has 0 bridgehead atoms.